The SMILES string of the molecule is O=C1CN(S(=O)(=O)c2ncccc2F)CC(=O)N1. The number of amides is 2. The van der Waals surface area contributed by atoms with Gasteiger partial charge < -0.3 is 0 Å². The van der Waals surface area contributed by atoms with Crippen molar-refractivity contribution >= 4 is 21.8 Å². The van der Waals surface area contributed by atoms with Gasteiger partial charge in [-0.2, -0.15) is 4.31 Å². The van der Waals surface area contributed by atoms with E-state index in [1.807, 2.05) is 5.32 Å². The highest BCUT2D eigenvalue weighted by Gasteiger charge is 2.35. The van der Waals surface area contributed by atoms with Crippen molar-refractivity contribution in [3.05, 3.63) is 24.1 Å². The molecule has 1 saturated heterocycles. The minimum absolute atomic E-state index is 0.538. The van der Waals surface area contributed by atoms with Gasteiger partial charge in [0.15, 0.2) is 5.82 Å². The van der Waals surface area contributed by atoms with Gasteiger partial charge in [-0.05, 0) is 12.1 Å². The summed E-state index contributed by atoms with van der Waals surface area (Å²) in [6.07, 6.45) is 1.11. The van der Waals surface area contributed by atoms with E-state index in [9.17, 15) is 22.4 Å². The van der Waals surface area contributed by atoms with Gasteiger partial charge in [-0.3, -0.25) is 14.9 Å². The Labute approximate surface area is 102 Å². The number of hydrogen-bond acceptors (Lipinski definition) is 5. The molecule has 9 heteroatoms. The number of pyridine rings is 1. The number of carbonyl (C=O) groups is 2. The standard InChI is InChI=1S/C9H8FN3O4S/c10-6-2-1-3-11-9(6)18(16,17)13-4-7(14)12-8(15)5-13/h1-3H,4-5H2,(H,12,14,15). The zero-order chi connectivity index (χ0) is 13.3. The van der Waals surface area contributed by atoms with Crippen LogP contribution in [-0.4, -0.2) is 42.6 Å². The maximum absolute atomic E-state index is 13.4. The highest BCUT2D eigenvalue weighted by molar-refractivity contribution is 7.89. The fraction of sp³-hybridized carbons (Fsp3) is 0.222. The van der Waals surface area contributed by atoms with Crippen molar-refractivity contribution in [3.63, 3.8) is 0 Å². The Kier molecular flexibility index (Phi) is 3.09. The van der Waals surface area contributed by atoms with Gasteiger partial charge in [0, 0.05) is 6.20 Å². The van der Waals surface area contributed by atoms with Gasteiger partial charge in [0.25, 0.3) is 10.0 Å². The van der Waals surface area contributed by atoms with Crippen LogP contribution in [0, 0.1) is 5.82 Å². The molecule has 2 amide bonds. The van der Waals surface area contributed by atoms with Gasteiger partial charge in [-0.25, -0.2) is 17.8 Å². The largest absolute Gasteiger partial charge is 0.294 e. The number of nitrogens with one attached hydrogen (secondary N) is 1. The number of carbonyl (C=O) groups excluding carboxylic acids is 2. The predicted octanol–water partition coefficient (Wildman–Crippen LogP) is -1.13. The first-order valence-corrected chi connectivity index (χ1v) is 6.28. The maximum atomic E-state index is 13.4. The Hall–Kier alpha value is -1.87. The first-order chi connectivity index (χ1) is 8.41. The van der Waals surface area contributed by atoms with E-state index >= 15 is 0 Å². The lowest BCUT2D eigenvalue weighted by atomic mass is 10.4. The van der Waals surface area contributed by atoms with E-state index in [1.54, 1.807) is 0 Å². The van der Waals surface area contributed by atoms with Crippen molar-refractivity contribution in [1.29, 1.82) is 0 Å². The highest BCUT2D eigenvalue weighted by Crippen LogP contribution is 2.16. The van der Waals surface area contributed by atoms with E-state index in [1.165, 1.54) is 6.07 Å². The molecule has 0 bridgehead atoms. The Morgan fingerprint density at radius 1 is 1.28 bits per heavy atom. The molecule has 0 saturated carbocycles. The van der Waals surface area contributed by atoms with Crippen LogP contribution in [0.3, 0.4) is 0 Å². The molecule has 1 fully saturated rings. The number of aromatic nitrogens is 1. The molecular formula is C9H8FN3O4S. The van der Waals surface area contributed by atoms with E-state index < -0.39 is 45.8 Å². The van der Waals surface area contributed by atoms with Gasteiger partial charge in [0.05, 0.1) is 13.1 Å². The molecular weight excluding hydrogens is 265 g/mol. The molecule has 0 spiro atoms. The van der Waals surface area contributed by atoms with Crippen molar-refractivity contribution in [3.8, 4) is 0 Å². The third-order valence-electron chi connectivity index (χ3n) is 2.23. The van der Waals surface area contributed by atoms with E-state index in [-0.39, 0.29) is 0 Å². The molecule has 1 N–H and O–H groups in total. The maximum Gasteiger partial charge on any atom is 0.264 e. The van der Waals surface area contributed by atoms with Crippen molar-refractivity contribution < 1.29 is 22.4 Å². The molecule has 1 aromatic rings. The van der Waals surface area contributed by atoms with Crippen LogP contribution in [0.2, 0.25) is 0 Å². The molecule has 18 heavy (non-hydrogen) atoms. The van der Waals surface area contributed by atoms with Gasteiger partial charge in [-0.1, -0.05) is 0 Å². The predicted molar refractivity (Wildman–Crippen MR) is 56.1 cm³/mol. The van der Waals surface area contributed by atoms with Crippen LogP contribution >= 0.6 is 0 Å². The van der Waals surface area contributed by atoms with Crippen molar-refractivity contribution in [2.75, 3.05) is 13.1 Å². The number of imide groups is 1. The molecule has 96 valence electrons. The molecule has 7 nitrogen and oxygen atoms in total. The second-order valence-corrected chi connectivity index (χ2v) is 5.39. The van der Waals surface area contributed by atoms with E-state index in [4.69, 9.17) is 0 Å². The number of piperazine rings is 1. The lowest BCUT2D eigenvalue weighted by Gasteiger charge is -2.24. The molecule has 1 aliphatic heterocycles. The molecule has 0 atom stereocenters. The molecule has 0 radical (unpaired) electrons. The van der Waals surface area contributed by atoms with E-state index in [2.05, 4.69) is 4.98 Å². The minimum Gasteiger partial charge on any atom is -0.294 e. The number of halogens is 1. The summed E-state index contributed by atoms with van der Waals surface area (Å²) in [5.74, 6) is -2.55. The topological polar surface area (TPSA) is 96.4 Å². The summed E-state index contributed by atoms with van der Waals surface area (Å²) in [5.41, 5.74) is 0. The third-order valence-corrected chi connectivity index (χ3v) is 3.95. The Bertz CT molecular complexity index is 600. The number of sulfonamides is 1. The summed E-state index contributed by atoms with van der Waals surface area (Å²) < 4.78 is 37.9. The first kappa shape index (κ1) is 12.6. The Balaban J connectivity index is 2.40. The third kappa shape index (κ3) is 2.22. The van der Waals surface area contributed by atoms with Gasteiger partial charge in [0.2, 0.25) is 16.8 Å². The van der Waals surface area contributed by atoms with Crippen LogP contribution in [0.1, 0.15) is 0 Å². The van der Waals surface area contributed by atoms with Gasteiger partial charge in [0.1, 0.15) is 0 Å². The molecule has 1 aliphatic rings. The average molecular weight is 273 g/mol. The van der Waals surface area contributed by atoms with Crippen LogP contribution in [0.4, 0.5) is 4.39 Å². The first-order valence-electron chi connectivity index (χ1n) is 4.84. The zero-order valence-electron chi connectivity index (χ0n) is 8.96. The van der Waals surface area contributed by atoms with Crippen molar-refractivity contribution in [2.45, 2.75) is 5.03 Å². The Morgan fingerprint density at radius 2 is 1.89 bits per heavy atom. The Morgan fingerprint density at radius 3 is 2.44 bits per heavy atom. The summed E-state index contributed by atoms with van der Waals surface area (Å²) in [5, 5.41) is 1.15. The summed E-state index contributed by atoms with van der Waals surface area (Å²) in [6.45, 7) is -1.08. The van der Waals surface area contributed by atoms with Crippen molar-refractivity contribution in [1.82, 2.24) is 14.6 Å². The van der Waals surface area contributed by atoms with Gasteiger partial charge in [-0.15, -0.1) is 0 Å². The molecule has 0 aliphatic carbocycles. The zero-order valence-corrected chi connectivity index (χ0v) is 9.78. The fourth-order valence-corrected chi connectivity index (χ4v) is 2.79. The normalized spacial score (nSPS) is 17.6. The number of rotatable bonds is 2. The van der Waals surface area contributed by atoms with Gasteiger partial charge >= 0.3 is 0 Å². The van der Waals surface area contributed by atoms with Crippen LogP contribution in [0.15, 0.2) is 23.4 Å². The number of nitrogens with zero attached hydrogens (tertiary/aromatic N) is 2. The fourth-order valence-electron chi connectivity index (χ4n) is 1.46. The second kappa shape index (κ2) is 4.42. The lowest BCUT2D eigenvalue weighted by Crippen LogP contribution is -2.53. The van der Waals surface area contributed by atoms with Crippen LogP contribution in [0.5, 0.6) is 0 Å². The molecule has 2 rings (SSSR count). The van der Waals surface area contributed by atoms with Crippen molar-refractivity contribution in [2.24, 2.45) is 0 Å². The summed E-state index contributed by atoms with van der Waals surface area (Å²) >= 11 is 0. The smallest absolute Gasteiger partial charge is 0.264 e. The summed E-state index contributed by atoms with van der Waals surface area (Å²) in [4.78, 5) is 25.6. The average Bonchev–Trinajstić information content (AvgIpc) is 2.28. The quantitative estimate of drug-likeness (QED) is 0.688. The molecule has 2 heterocycles. The second-order valence-electron chi connectivity index (χ2n) is 3.53. The van der Waals surface area contributed by atoms with Crippen LogP contribution in [-0.2, 0) is 19.6 Å². The summed E-state index contributed by atoms with van der Waals surface area (Å²) in [7, 11) is -4.29. The monoisotopic (exact) mass is 273 g/mol. The molecule has 0 unspecified atom stereocenters. The molecule has 0 aromatic carbocycles. The van der Waals surface area contributed by atoms with E-state index in [0.717, 1.165) is 12.3 Å². The van der Waals surface area contributed by atoms with Crippen LogP contribution < -0.4 is 5.32 Å². The van der Waals surface area contributed by atoms with E-state index in [0.29, 0.717) is 4.31 Å². The highest BCUT2D eigenvalue weighted by atomic mass is 32.2. The molecule has 1 aromatic heterocycles. The summed E-state index contributed by atoms with van der Waals surface area (Å²) in [6, 6.07) is 2.17. The lowest BCUT2D eigenvalue weighted by molar-refractivity contribution is -0.134. The minimum atomic E-state index is -4.29. The number of hydrogen-bond donors (Lipinski definition) is 1. The van der Waals surface area contributed by atoms with Crippen LogP contribution in [0.25, 0.3) is 0 Å².